The van der Waals surface area contributed by atoms with E-state index in [9.17, 15) is 14.7 Å². The highest BCUT2D eigenvalue weighted by atomic mass is 16.5. The molecule has 0 aliphatic rings. The number of aromatic amines is 1. The summed E-state index contributed by atoms with van der Waals surface area (Å²) < 4.78 is 10.9. The van der Waals surface area contributed by atoms with Crippen LogP contribution in [0.4, 0.5) is 0 Å². The molecule has 0 radical (unpaired) electrons. The van der Waals surface area contributed by atoms with Crippen LogP contribution >= 0.6 is 0 Å². The normalized spacial score (nSPS) is 10.6. The molecule has 0 spiro atoms. The van der Waals surface area contributed by atoms with E-state index < -0.39 is 5.69 Å². The molecule has 3 N–H and O–H groups in total. The number of nitrogens with zero attached hydrogens (tertiary/aromatic N) is 1. The van der Waals surface area contributed by atoms with Gasteiger partial charge in [-0.25, -0.2) is 4.79 Å². The van der Waals surface area contributed by atoms with Gasteiger partial charge in [0.25, 0.3) is 5.91 Å². The van der Waals surface area contributed by atoms with E-state index in [1.165, 1.54) is 0 Å². The quantitative estimate of drug-likeness (QED) is 0.360. The summed E-state index contributed by atoms with van der Waals surface area (Å²) in [6, 6.07) is 21.3. The average Bonchev–Trinajstić information content (AvgIpc) is 2.88. The summed E-state index contributed by atoms with van der Waals surface area (Å²) in [5.41, 5.74) is 3.67. The van der Waals surface area contributed by atoms with E-state index in [2.05, 4.69) is 15.3 Å². The molecule has 0 bridgehead atoms. The first-order valence-electron chi connectivity index (χ1n) is 11.0. The van der Waals surface area contributed by atoms with Gasteiger partial charge in [-0.2, -0.15) is 4.98 Å². The number of carbonyl (C=O) groups excluding carboxylic acids is 1. The number of H-pyrrole nitrogens is 1. The fraction of sp³-hybridized carbons (Fsp3) is 0.148. The van der Waals surface area contributed by atoms with E-state index in [1.807, 2.05) is 24.3 Å². The third kappa shape index (κ3) is 5.86. The lowest BCUT2D eigenvalue weighted by atomic mass is 10.1. The van der Waals surface area contributed by atoms with E-state index in [0.29, 0.717) is 35.0 Å². The van der Waals surface area contributed by atoms with Crippen LogP contribution in [0.2, 0.25) is 0 Å². The molecule has 8 heteroatoms. The van der Waals surface area contributed by atoms with Gasteiger partial charge in [0.2, 0.25) is 0 Å². The zero-order chi connectivity index (χ0) is 24.8. The summed E-state index contributed by atoms with van der Waals surface area (Å²) in [5, 5.41) is 12.6. The number of ether oxygens (including phenoxy) is 2. The van der Waals surface area contributed by atoms with Gasteiger partial charge in [0, 0.05) is 17.7 Å². The van der Waals surface area contributed by atoms with Gasteiger partial charge in [0.05, 0.1) is 18.5 Å². The summed E-state index contributed by atoms with van der Waals surface area (Å²) in [7, 11) is 1.59. The van der Waals surface area contributed by atoms with Gasteiger partial charge in [0.15, 0.2) is 6.61 Å². The molecule has 178 valence electrons. The molecule has 0 saturated carbocycles. The summed E-state index contributed by atoms with van der Waals surface area (Å²) >= 11 is 0. The molecule has 1 aromatic heterocycles. The van der Waals surface area contributed by atoms with Crippen LogP contribution in [0.15, 0.2) is 77.6 Å². The van der Waals surface area contributed by atoms with Crippen molar-refractivity contribution in [2.45, 2.75) is 13.5 Å². The van der Waals surface area contributed by atoms with Crippen molar-refractivity contribution in [1.29, 1.82) is 0 Å². The van der Waals surface area contributed by atoms with E-state index in [0.717, 1.165) is 16.7 Å². The fourth-order valence-corrected chi connectivity index (χ4v) is 3.55. The van der Waals surface area contributed by atoms with Crippen molar-refractivity contribution in [1.82, 2.24) is 15.3 Å². The molecule has 4 rings (SSSR count). The second-order valence-corrected chi connectivity index (χ2v) is 7.89. The number of rotatable bonds is 8. The van der Waals surface area contributed by atoms with Crippen molar-refractivity contribution >= 4 is 5.91 Å². The van der Waals surface area contributed by atoms with Crippen LogP contribution in [0.1, 0.15) is 11.1 Å². The minimum atomic E-state index is -0.477. The molecule has 1 heterocycles. The maximum absolute atomic E-state index is 12.2. The summed E-state index contributed by atoms with van der Waals surface area (Å²) in [6.45, 7) is 1.98. The second-order valence-electron chi connectivity index (χ2n) is 7.89. The molecule has 4 aromatic rings. The number of para-hydroxylation sites is 1. The SMILES string of the molecule is COc1ccccc1CNC(=O)COc1ccc(-c2cc(-c3ccc(O)c(C)c3)nc(=O)[nH]2)cc1. The monoisotopic (exact) mass is 471 g/mol. The molecule has 0 aliphatic carbocycles. The minimum Gasteiger partial charge on any atom is -0.508 e. The number of aromatic hydroxyl groups is 1. The number of nitrogens with one attached hydrogen (secondary N) is 2. The highest BCUT2D eigenvalue weighted by Gasteiger charge is 2.09. The Hall–Kier alpha value is -4.59. The van der Waals surface area contributed by atoms with Crippen molar-refractivity contribution in [2.24, 2.45) is 0 Å². The van der Waals surface area contributed by atoms with Gasteiger partial charge < -0.3 is 24.9 Å². The van der Waals surface area contributed by atoms with Crippen LogP contribution < -0.4 is 20.5 Å². The highest BCUT2D eigenvalue weighted by Crippen LogP contribution is 2.26. The first kappa shape index (κ1) is 23.6. The van der Waals surface area contributed by atoms with Gasteiger partial charge in [0.1, 0.15) is 17.2 Å². The van der Waals surface area contributed by atoms with Crippen LogP contribution in [0.25, 0.3) is 22.5 Å². The second kappa shape index (κ2) is 10.6. The number of hydrogen-bond acceptors (Lipinski definition) is 6. The predicted molar refractivity (Wildman–Crippen MR) is 132 cm³/mol. The zero-order valence-electron chi connectivity index (χ0n) is 19.4. The molecule has 1 amide bonds. The Labute approximate surface area is 202 Å². The lowest BCUT2D eigenvalue weighted by Gasteiger charge is -2.11. The number of phenolic OH excluding ortho intramolecular Hbond substituents is 1. The van der Waals surface area contributed by atoms with E-state index in [1.54, 1.807) is 62.6 Å². The number of benzene rings is 3. The smallest absolute Gasteiger partial charge is 0.345 e. The Morgan fingerprint density at radius 2 is 1.77 bits per heavy atom. The van der Waals surface area contributed by atoms with Gasteiger partial charge in [-0.15, -0.1) is 0 Å². The lowest BCUT2D eigenvalue weighted by Crippen LogP contribution is -2.28. The van der Waals surface area contributed by atoms with Gasteiger partial charge in [-0.05, 0) is 72.6 Å². The van der Waals surface area contributed by atoms with Crippen molar-refractivity contribution < 1.29 is 19.4 Å². The number of amides is 1. The van der Waals surface area contributed by atoms with Gasteiger partial charge in [-0.1, -0.05) is 18.2 Å². The number of hydrogen-bond donors (Lipinski definition) is 3. The molecular formula is C27H25N3O5. The first-order chi connectivity index (χ1) is 16.9. The zero-order valence-corrected chi connectivity index (χ0v) is 19.4. The Balaban J connectivity index is 1.40. The molecule has 35 heavy (non-hydrogen) atoms. The van der Waals surface area contributed by atoms with Crippen molar-refractivity contribution in [3.8, 4) is 39.8 Å². The minimum absolute atomic E-state index is 0.134. The van der Waals surface area contributed by atoms with E-state index in [-0.39, 0.29) is 18.3 Å². The van der Waals surface area contributed by atoms with Gasteiger partial charge in [-0.3, -0.25) is 4.79 Å². The van der Waals surface area contributed by atoms with E-state index in [4.69, 9.17) is 9.47 Å². The van der Waals surface area contributed by atoms with Gasteiger partial charge >= 0.3 is 5.69 Å². The largest absolute Gasteiger partial charge is 0.508 e. The van der Waals surface area contributed by atoms with Crippen molar-refractivity contribution in [3.05, 3.63) is 94.4 Å². The highest BCUT2D eigenvalue weighted by molar-refractivity contribution is 5.77. The number of phenols is 1. The molecule has 0 saturated heterocycles. The summed E-state index contributed by atoms with van der Waals surface area (Å²) in [4.78, 5) is 31.1. The van der Waals surface area contributed by atoms with Crippen LogP contribution in [0.5, 0.6) is 17.2 Å². The van der Waals surface area contributed by atoms with Crippen LogP contribution in [0, 0.1) is 6.92 Å². The molecule has 3 aromatic carbocycles. The molecule has 0 atom stereocenters. The van der Waals surface area contributed by atoms with Crippen molar-refractivity contribution in [3.63, 3.8) is 0 Å². The Kier molecular flexibility index (Phi) is 7.11. The third-order valence-corrected chi connectivity index (χ3v) is 5.44. The molecule has 8 nitrogen and oxygen atoms in total. The maximum Gasteiger partial charge on any atom is 0.345 e. The molecule has 0 unspecified atom stereocenters. The standard InChI is InChI=1S/C27H25N3O5/c1-17-13-19(9-12-24(17)31)23-14-22(29-27(33)30-23)18-7-10-21(11-8-18)35-16-26(32)28-15-20-5-3-4-6-25(20)34-2/h3-14,31H,15-16H2,1-2H3,(H,28,32)(H,29,30,33). The number of methoxy groups -OCH3 is 1. The Bertz CT molecular complexity index is 1400. The number of aryl methyl sites for hydroxylation is 1. The van der Waals surface area contributed by atoms with E-state index >= 15 is 0 Å². The molecule has 0 aliphatic heterocycles. The van der Waals surface area contributed by atoms with Crippen LogP contribution in [-0.2, 0) is 11.3 Å². The summed E-state index contributed by atoms with van der Waals surface area (Å²) in [6.07, 6.45) is 0. The predicted octanol–water partition coefficient (Wildman–Crippen LogP) is 3.82. The molecular weight excluding hydrogens is 446 g/mol. The van der Waals surface area contributed by atoms with Crippen molar-refractivity contribution in [2.75, 3.05) is 13.7 Å². The summed E-state index contributed by atoms with van der Waals surface area (Å²) in [5.74, 6) is 1.16. The maximum atomic E-state index is 12.2. The first-order valence-corrected chi connectivity index (χ1v) is 11.0. The Morgan fingerprint density at radius 3 is 2.51 bits per heavy atom. The lowest BCUT2D eigenvalue weighted by molar-refractivity contribution is -0.123. The fourth-order valence-electron chi connectivity index (χ4n) is 3.55. The van der Waals surface area contributed by atoms with Crippen LogP contribution in [-0.4, -0.2) is 34.7 Å². The Morgan fingerprint density at radius 1 is 1.03 bits per heavy atom. The molecule has 0 fully saturated rings. The third-order valence-electron chi connectivity index (χ3n) is 5.44. The number of aromatic nitrogens is 2. The van der Waals surface area contributed by atoms with Crippen LogP contribution in [0.3, 0.4) is 0 Å². The topological polar surface area (TPSA) is 114 Å². The number of carbonyl (C=O) groups is 1. The average molecular weight is 472 g/mol.